The van der Waals surface area contributed by atoms with Crippen LogP contribution in [0.5, 0.6) is 0 Å². The Kier molecular flexibility index (Phi) is 8.27. The Bertz CT molecular complexity index is 503. The molecule has 1 aliphatic carbocycles. The van der Waals surface area contributed by atoms with Crippen LogP contribution in [0.3, 0.4) is 0 Å². The van der Waals surface area contributed by atoms with E-state index in [9.17, 15) is 4.79 Å². The molecule has 0 aliphatic heterocycles. The molecule has 1 saturated carbocycles. The van der Waals surface area contributed by atoms with E-state index in [4.69, 9.17) is 17.3 Å². The van der Waals surface area contributed by atoms with Crippen LogP contribution in [-0.4, -0.2) is 31.5 Å². The van der Waals surface area contributed by atoms with Gasteiger partial charge in [-0.15, -0.1) is 17.0 Å². The standard InChI is InChI=1S/C15H21ClN4O.BrH/c16-13-6-4-12(5-7-13)14(21)18-8-9-19-15(17)20-10-11-2-1-3-11;/h4-7,11H,1-3,8-10H2,(H,18,21)(H3,17,19,20);1H. The van der Waals surface area contributed by atoms with E-state index in [1.54, 1.807) is 24.3 Å². The van der Waals surface area contributed by atoms with E-state index in [1.807, 2.05) is 0 Å². The number of nitrogens with two attached hydrogens (primary N) is 1. The number of carbonyl (C=O) groups is 1. The second kappa shape index (κ2) is 9.69. The van der Waals surface area contributed by atoms with Gasteiger partial charge in [0.2, 0.25) is 0 Å². The van der Waals surface area contributed by atoms with Gasteiger partial charge in [-0.05, 0) is 43.0 Å². The number of amides is 1. The molecule has 0 spiro atoms. The average molecular weight is 390 g/mol. The minimum Gasteiger partial charge on any atom is -0.370 e. The molecule has 22 heavy (non-hydrogen) atoms. The van der Waals surface area contributed by atoms with E-state index < -0.39 is 0 Å². The van der Waals surface area contributed by atoms with Gasteiger partial charge >= 0.3 is 0 Å². The van der Waals surface area contributed by atoms with Gasteiger partial charge in [0.05, 0.1) is 0 Å². The highest BCUT2D eigenvalue weighted by Gasteiger charge is 2.16. The lowest BCUT2D eigenvalue weighted by molar-refractivity contribution is 0.0954. The van der Waals surface area contributed by atoms with Gasteiger partial charge in [0.25, 0.3) is 5.91 Å². The summed E-state index contributed by atoms with van der Waals surface area (Å²) in [4.78, 5) is 16.1. The average Bonchev–Trinajstić information content (AvgIpc) is 2.42. The molecule has 1 aromatic carbocycles. The van der Waals surface area contributed by atoms with E-state index in [1.165, 1.54) is 19.3 Å². The number of hydrogen-bond donors (Lipinski definition) is 3. The maximum atomic E-state index is 11.8. The van der Waals surface area contributed by atoms with Crippen LogP contribution in [0.15, 0.2) is 29.3 Å². The van der Waals surface area contributed by atoms with Crippen molar-refractivity contribution in [1.29, 1.82) is 0 Å². The van der Waals surface area contributed by atoms with E-state index in [-0.39, 0.29) is 22.9 Å². The zero-order valence-electron chi connectivity index (χ0n) is 12.3. The van der Waals surface area contributed by atoms with Crippen molar-refractivity contribution in [2.75, 3.05) is 19.6 Å². The molecule has 2 rings (SSSR count). The van der Waals surface area contributed by atoms with E-state index in [0.717, 1.165) is 6.54 Å². The van der Waals surface area contributed by atoms with Gasteiger partial charge in [0.1, 0.15) is 0 Å². The number of rotatable bonds is 6. The molecule has 4 N–H and O–H groups in total. The van der Waals surface area contributed by atoms with Crippen molar-refractivity contribution >= 4 is 40.4 Å². The second-order valence-corrected chi connectivity index (χ2v) is 5.65. The summed E-state index contributed by atoms with van der Waals surface area (Å²) in [5.41, 5.74) is 6.35. The molecule has 0 radical (unpaired) electrons. The highest BCUT2D eigenvalue weighted by molar-refractivity contribution is 8.93. The summed E-state index contributed by atoms with van der Waals surface area (Å²) >= 11 is 5.78. The van der Waals surface area contributed by atoms with Crippen LogP contribution in [0.25, 0.3) is 0 Å². The monoisotopic (exact) mass is 388 g/mol. The van der Waals surface area contributed by atoms with Crippen LogP contribution in [0, 0.1) is 5.92 Å². The van der Waals surface area contributed by atoms with Crippen LogP contribution < -0.4 is 16.4 Å². The Morgan fingerprint density at radius 1 is 1.23 bits per heavy atom. The zero-order valence-corrected chi connectivity index (χ0v) is 14.8. The fourth-order valence-electron chi connectivity index (χ4n) is 2.03. The van der Waals surface area contributed by atoms with E-state index >= 15 is 0 Å². The summed E-state index contributed by atoms with van der Waals surface area (Å²) in [7, 11) is 0. The molecule has 1 amide bonds. The number of carbonyl (C=O) groups excluding carboxylic acids is 1. The summed E-state index contributed by atoms with van der Waals surface area (Å²) in [6.45, 7) is 1.84. The molecular formula is C15H22BrClN4O. The second-order valence-electron chi connectivity index (χ2n) is 5.21. The molecule has 5 nitrogen and oxygen atoms in total. The Morgan fingerprint density at radius 2 is 1.86 bits per heavy atom. The van der Waals surface area contributed by atoms with Crippen LogP contribution >= 0.6 is 28.6 Å². The summed E-state index contributed by atoms with van der Waals surface area (Å²) in [6.07, 6.45) is 3.83. The van der Waals surface area contributed by atoms with Crippen molar-refractivity contribution < 1.29 is 4.79 Å². The smallest absolute Gasteiger partial charge is 0.251 e. The molecule has 0 unspecified atom stereocenters. The summed E-state index contributed by atoms with van der Waals surface area (Å²) in [5, 5.41) is 6.41. The molecule has 1 aliphatic rings. The topological polar surface area (TPSA) is 79.5 Å². The first kappa shape index (κ1) is 18.8. The molecular weight excluding hydrogens is 368 g/mol. The van der Waals surface area contributed by atoms with Gasteiger partial charge < -0.3 is 16.4 Å². The molecule has 0 heterocycles. The lowest BCUT2D eigenvalue weighted by Gasteiger charge is -2.23. The van der Waals surface area contributed by atoms with Crippen molar-refractivity contribution in [3.8, 4) is 0 Å². The molecule has 0 aromatic heterocycles. The van der Waals surface area contributed by atoms with Crippen LogP contribution in [0.4, 0.5) is 0 Å². The van der Waals surface area contributed by atoms with E-state index in [0.29, 0.717) is 35.6 Å². The third kappa shape index (κ3) is 6.23. The Morgan fingerprint density at radius 3 is 2.45 bits per heavy atom. The Labute approximate surface area is 146 Å². The van der Waals surface area contributed by atoms with Gasteiger partial charge in [-0.3, -0.25) is 9.79 Å². The zero-order chi connectivity index (χ0) is 15.1. The number of aliphatic imine (C=N–C) groups is 1. The van der Waals surface area contributed by atoms with Crippen molar-refractivity contribution in [3.63, 3.8) is 0 Å². The first-order valence-corrected chi connectivity index (χ1v) is 7.60. The minimum absolute atomic E-state index is 0. The molecule has 0 bridgehead atoms. The van der Waals surface area contributed by atoms with Crippen molar-refractivity contribution in [2.24, 2.45) is 16.6 Å². The molecule has 1 aromatic rings. The minimum atomic E-state index is -0.126. The SMILES string of the molecule is Br.NC(=NCC1CCC1)NCCNC(=O)c1ccc(Cl)cc1. The number of nitrogens with one attached hydrogen (secondary N) is 2. The van der Waals surface area contributed by atoms with Crippen LogP contribution in [0.2, 0.25) is 5.02 Å². The molecule has 0 saturated heterocycles. The number of guanidine groups is 1. The van der Waals surface area contributed by atoms with Crippen molar-refractivity contribution in [2.45, 2.75) is 19.3 Å². The lowest BCUT2D eigenvalue weighted by atomic mass is 9.86. The number of benzene rings is 1. The highest BCUT2D eigenvalue weighted by Crippen LogP contribution is 2.26. The van der Waals surface area contributed by atoms with Gasteiger partial charge in [-0.2, -0.15) is 0 Å². The Balaban J connectivity index is 0.00000242. The van der Waals surface area contributed by atoms with Gasteiger partial charge in [0, 0.05) is 30.2 Å². The number of hydrogen-bond acceptors (Lipinski definition) is 2. The van der Waals surface area contributed by atoms with Crippen molar-refractivity contribution in [3.05, 3.63) is 34.9 Å². The molecule has 7 heteroatoms. The number of nitrogens with zero attached hydrogens (tertiary/aromatic N) is 1. The fraction of sp³-hybridized carbons (Fsp3) is 0.467. The third-order valence-corrected chi connectivity index (χ3v) is 3.82. The first-order valence-electron chi connectivity index (χ1n) is 7.22. The van der Waals surface area contributed by atoms with Crippen LogP contribution in [-0.2, 0) is 0 Å². The van der Waals surface area contributed by atoms with E-state index in [2.05, 4.69) is 15.6 Å². The number of halogens is 2. The predicted octanol–water partition coefficient (Wildman–Crippen LogP) is 2.35. The maximum Gasteiger partial charge on any atom is 0.251 e. The van der Waals surface area contributed by atoms with Gasteiger partial charge in [-0.25, -0.2) is 0 Å². The normalized spacial score (nSPS) is 14.7. The maximum absolute atomic E-state index is 11.8. The van der Waals surface area contributed by atoms with Gasteiger partial charge in [0.15, 0.2) is 5.96 Å². The highest BCUT2D eigenvalue weighted by atomic mass is 79.9. The van der Waals surface area contributed by atoms with Crippen LogP contribution in [0.1, 0.15) is 29.6 Å². The quantitative estimate of drug-likeness (QED) is 0.397. The van der Waals surface area contributed by atoms with Gasteiger partial charge in [-0.1, -0.05) is 18.0 Å². The lowest BCUT2D eigenvalue weighted by Crippen LogP contribution is -2.38. The summed E-state index contributed by atoms with van der Waals surface area (Å²) in [5.74, 6) is 1.02. The molecule has 1 fully saturated rings. The summed E-state index contributed by atoms with van der Waals surface area (Å²) < 4.78 is 0. The third-order valence-electron chi connectivity index (χ3n) is 3.57. The summed E-state index contributed by atoms with van der Waals surface area (Å²) in [6, 6.07) is 6.78. The predicted molar refractivity (Wildman–Crippen MR) is 95.9 cm³/mol. The first-order chi connectivity index (χ1) is 10.1. The molecule has 0 atom stereocenters. The largest absolute Gasteiger partial charge is 0.370 e. The fourth-order valence-corrected chi connectivity index (χ4v) is 2.15. The molecule has 122 valence electrons. The Hall–Kier alpha value is -1.27. The van der Waals surface area contributed by atoms with Crippen molar-refractivity contribution in [1.82, 2.24) is 10.6 Å².